The Bertz CT molecular complexity index is 571. The van der Waals surface area contributed by atoms with Gasteiger partial charge in [-0.3, -0.25) is 0 Å². The lowest BCUT2D eigenvalue weighted by atomic mass is 10.2. The number of carbonyl (C=O) groups is 1. The quantitative estimate of drug-likeness (QED) is 0.416. The molecular formula is C10H8F3INO4S-. The first-order valence-corrected chi connectivity index (χ1v) is 7.58. The molecule has 0 heterocycles. The summed E-state index contributed by atoms with van der Waals surface area (Å²) in [5.74, 6) is -0.763. The Hall–Kier alpha value is -0.880. The summed E-state index contributed by atoms with van der Waals surface area (Å²) in [5.41, 5.74) is -5.23. The zero-order valence-electron chi connectivity index (χ0n) is 9.72. The van der Waals surface area contributed by atoms with E-state index in [-0.39, 0.29) is 5.56 Å². The fourth-order valence-corrected chi connectivity index (χ4v) is 1.86. The second-order valence-corrected chi connectivity index (χ2v) is 6.33. The number of carbonyl (C=O) groups excluding carboxylic acids is 1. The highest BCUT2D eigenvalue weighted by Gasteiger charge is 2.38. The van der Waals surface area contributed by atoms with Crippen LogP contribution in [0.2, 0.25) is 0 Å². The Morgan fingerprint density at radius 3 is 2.30 bits per heavy atom. The van der Waals surface area contributed by atoms with Crippen LogP contribution in [0.4, 0.5) is 13.2 Å². The molecule has 0 atom stereocenters. The Kier molecular flexibility index (Phi) is 5.77. The smallest absolute Gasteiger partial charge is 0.480 e. The number of sulfonamides is 1. The van der Waals surface area contributed by atoms with Crippen molar-refractivity contribution in [3.05, 3.63) is 38.1 Å². The number of esters is 1. The van der Waals surface area contributed by atoms with E-state index in [0.29, 0.717) is 0 Å². The first-order chi connectivity index (χ1) is 9.13. The van der Waals surface area contributed by atoms with Gasteiger partial charge in [-0.25, -0.2) is 13.2 Å². The Labute approximate surface area is 126 Å². The van der Waals surface area contributed by atoms with Crippen molar-refractivity contribution < 1.29 is 31.1 Å². The molecule has 112 valence electrons. The molecule has 0 aliphatic carbocycles. The molecule has 0 bridgehead atoms. The molecule has 5 nitrogen and oxygen atoms in total. The van der Waals surface area contributed by atoms with Crippen molar-refractivity contribution in [3.63, 3.8) is 0 Å². The second-order valence-electron chi connectivity index (χ2n) is 3.42. The van der Waals surface area contributed by atoms with Crippen LogP contribution in [0.25, 0.3) is 4.72 Å². The van der Waals surface area contributed by atoms with E-state index >= 15 is 0 Å². The molecule has 1 aromatic rings. The molecule has 10 heteroatoms. The van der Waals surface area contributed by atoms with E-state index in [1.807, 2.05) is 22.6 Å². The van der Waals surface area contributed by atoms with Gasteiger partial charge in [0.1, 0.15) is 0 Å². The van der Waals surface area contributed by atoms with Crippen LogP contribution in [-0.4, -0.2) is 33.0 Å². The number of halogens is 4. The van der Waals surface area contributed by atoms with Gasteiger partial charge in [-0.1, -0.05) is 0 Å². The van der Waals surface area contributed by atoms with Crippen LogP contribution in [0.15, 0.2) is 24.3 Å². The third kappa shape index (κ3) is 4.90. The number of nitrogens with zero attached hydrogens (tertiary/aromatic N) is 1. The molecule has 0 saturated carbocycles. The van der Waals surface area contributed by atoms with E-state index < -0.39 is 34.7 Å². The van der Waals surface area contributed by atoms with Crippen LogP contribution >= 0.6 is 22.6 Å². The van der Waals surface area contributed by atoms with Gasteiger partial charge in [0.2, 0.25) is 0 Å². The first-order valence-electron chi connectivity index (χ1n) is 5.06. The third-order valence-corrected chi connectivity index (χ3v) is 3.78. The first kappa shape index (κ1) is 17.2. The number of alkyl halides is 3. The van der Waals surface area contributed by atoms with Crippen LogP contribution in [0.3, 0.4) is 0 Å². The molecule has 1 rings (SSSR count). The SMILES string of the molecule is O=C(OCC[N-]S(=O)(=O)C(F)(F)F)c1ccc(I)cc1. The molecule has 0 amide bonds. The van der Waals surface area contributed by atoms with Crippen LogP contribution in [0.1, 0.15) is 10.4 Å². The van der Waals surface area contributed by atoms with Gasteiger partial charge in [0.05, 0.1) is 12.2 Å². The van der Waals surface area contributed by atoms with E-state index in [4.69, 9.17) is 0 Å². The van der Waals surface area contributed by atoms with Gasteiger partial charge in [0, 0.05) is 3.57 Å². The largest absolute Gasteiger partial charge is 0.538 e. The molecule has 0 aliphatic rings. The molecule has 0 N–H and O–H groups in total. The van der Waals surface area contributed by atoms with Crippen molar-refractivity contribution in [1.82, 2.24) is 0 Å². The molecule has 0 fully saturated rings. The molecule has 20 heavy (non-hydrogen) atoms. The summed E-state index contributed by atoms with van der Waals surface area (Å²) >= 11 is 2.03. The van der Waals surface area contributed by atoms with Crippen molar-refractivity contribution >= 4 is 38.6 Å². The van der Waals surface area contributed by atoms with Crippen molar-refractivity contribution in [2.45, 2.75) is 5.51 Å². The number of hydrogen-bond donors (Lipinski definition) is 0. The Balaban J connectivity index is 2.42. The Morgan fingerprint density at radius 2 is 1.80 bits per heavy atom. The zero-order valence-corrected chi connectivity index (χ0v) is 12.7. The average molecular weight is 422 g/mol. The molecule has 0 aliphatic heterocycles. The molecule has 0 radical (unpaired) electrons. The lowest BCUT2D eigenvalue weighted by Crippen LogP contribution is -2.23. The van der Waals surface area contributed by atoms with Gasteiger partial charge in [0.15, 0.2) is 10.0 Å². The minimum Gasteiger partial charge on any atom is -0.538 e. The zero-order chi connectivity index (χ0) is 15.4. The van der Waals surface area contributed by atoms with Gasteiger partial charge in [-0.15, -0.1) is 6.54 Å². The predicted molar refractivity (Wildman–Crippen MR) is 72.6 cm³/mol. The third-order valence-electron chi connectivity index (χ3n) is 1.96. The predicted octanol–water partition coefficient (Wildman–Crippen LogP) is 2.67. The topological polar surface area (TPSA) is 74.5 Å². The van der Waals surface area contributed by atoms with Gasteiger partial charge in [0.25, 0.3) is 0 Å². The fourth-order valence-electron chi connectivity index (χ4n) is 1.04. The van der Waals surface area contributed by atoms with E-state index in [1.165, 1.54) is 12.1 Å². The lowest BCUT2D eigenvalue weighted by Gasteiger charge is -2.21. The van der Waals surface area contributed by atoms with Gasteiger partial charge >= 0.3 is 11.5 Å². The summed E-state index contributed by atoms with van der Waals surface area (Å²) in [6.45, 7) is -1.34. The van der Waals surface area contributed by atoms with Crippen LogP contribution < -0.4 is 0 Å². The second kappa shape index (κ2) is 6.72. The minimum atomic E-state index is -5.53. The average Bonchev–Trinajstić information content (AvgIpc) is 2.34. The van der Waals surface area contributed by atoms with Gasteiger partial charge in [-0.05, 0) is 46.9 Å². The van der Waals surface area contributed by atoms with E-state index in [0.717, 1.165) is 3.57 Å². The van der Waals surface area contributed by atoms with E-state index in [2.05, 4.69) is 9.46 Å². The monoisotopic (exact) mass is 422 g/mol. The molecule has 1 aromatic carbocycles. The molecule has 0 aromatic heterocycles. The molecule has 0 spiro atoms. The van der Waals surface area contributed by atoms with Crippen molar-refractivity contribution in [2.75, 3.05) is 13.2 Å². The molecule has 0 saturated heterocycles. The van der Waals surface area contributed by atoms with Crippen LogP contribution in [0.5, 0.6) is 0 Å². The van der Waals surface area contributed by atoms with Crippen LogP contribution in [-0.2, 0) is 14.8 Å². The lowest BCUT2D eigenvalue weighted by molar-refractivity contribution is -0.0427. The number of rotatable bonds is 5. The Morgan fingerprint density at radius 1 is 1.25 bits per heavy atom. The van der Waals surface area contributed by atoms with Crippen molar-refractivity contribution in [3.8, 4) is 0 Å². The molecule has 0 unspecified atom stereocenters. The highest BCUT2D eigenvalue weighted by atomic mass is 127. The van der Waals surface area contributed by atoms with Gasteiger partial charge < -0.3 is 9.46 Å². The highest BCUT2D eigenvalue weighted by molar-refractivity contribution is 14.1. The summed E-state index contributed by atoms with van der Waals surface area (Å²) in [5, 5.41) is 0. The fraction of sp³-hybridized carbons (Fsp3) is 0.300. The van der Waals surface area contributed by atoms with Crippen LogP contribution in [0, 0.1) is 3.57 Å². The van der Waals surface area contributed by atoms with Crippen molar-refractivity contribution in [1.29, 1.82) is 0 Å². The maximum atomic E-state index is 11.9. The number of ether oxygens (including phenoxy) is 1. The maximum absolute atomic E-state index is 11.9. The summed E-state index contributed by atoms with van der Waals surface area (Å²) in [4.78, 5) is 11.4. The maximum Gasteiger partial charge on any atom is 0.480 e. The van der Waals surface area contributed by atoms with Crippen molar-refractivity contribution in [2.24, 2.45) is 0 Å². The summed E-state index contributed by atoms with van der Waals surface area (Å²) in [7, 11) is -5.53. The standard InChI is InChI=1S/C10H8F3INO4S/c11-10(12,13)20(17,18)15-5-6-19-9(16)7-1-3-8(14)4-2-7/h1-4H,5-6H2/q-1. The normalized spacial score (nSPS) is 12.2. The summed E-state index contributed by atoms with van der Waals surface area (Å²) < 4.78 is 64.9. The summed E-state index contributed by atoms with van der Waals surface area (Å²) in [6, 6.07) is 6.26. The summed E-state index contributed by atoms with van der Waals surface area (Å²) in [6.07, 6.45) is 0. The van der Waals surface area contributed by atoms with Gasteiger partial charge in [-0.2, -0.15) is 13.2 Å². The highest BCUT2D eigenvalue weighted by Crippen LogP contribution is 2.27. The van der Waals surface area contributed by atoms with E-state index in [1.54, 1.807) is 12.1 Å². The minimum absolute atomic E-state index is 0.212. The molecular weight excluding hydrogens is 414 g/mol. The number of hydrogen-bond acceptors (Lipinski definition) is 4. The van der Waals surface area contributed by atoms with E-state index in [9.17, 15) is 26.4 Å². The number of benzene rings is 1.